The van der Waals surface area contributed by atoms with Gasteiger partial charge >= 0.3 is 0 Å². The number of hydrogen-bond donors (Lipinski definition) is 1. The zero-order chi connectivity index (χ0) is 7.98. The fourth-order valence-electron chi connectivity index (χ4n) is 0.674. The van der Waals surface area contributed by atoms with Crippen LogP contribution in [-0.2, 0) is 15.8 Å². The lowest BCUT2D eigenvalue weighted by molar-refractivity contribution is 0.147. The lowest BCUT2D eigenvalue weighted by atomic mass is 10.2. The second-order valence-electron chi connectivity index (χ2n) is 2.24. The first-order chi connectivity index (χ1) is 4.68. The van der Waals surface area contributed by atoms with Gasteiger partial charge in [-0.25, -0.2) is 13.5 Å². The van der Waals surface area contributed by atoms with Gasteiger partial charge in [0.25, 0.3) is 0 Å². The summed E-state index contributed by atoms with van der Waals surface area (Å²) in [4.78, 5) is 0. The van der Waals surface area contributed by atoms with Crippen LogP contribution in [0.2, 0.25) is 0 Å². The van der Waals surface area contributed by atoms with E-state index in [1.807, 2.05) is 6.92 Å². The van der Waals surface area contributed by atoms with Crippen molar-refractivity contribution in [1.82, 2.24) is 0 Å². The Balaban J connectivity index is 3.30. The molecule has 0 fully saturated rings. The van der Waals surface area contributed by atoms with Crippen molar-refractivity contribution in [3.8, 4) is 0 Å². The molecule has 0 spiro atoms. The molecule has 0 aliphatic heterocycles. The summed E-state index contributed by atoms with van der Waals surface area (Å²) in [5, 5.41) is 10.5. The van der Waals surface area contributed by atoms with Crippen LogP contribution in [0, 0.1) is 0 Å². The number of thiol groups is 1. The number of rotatable bonds is 5. The van der Waals surface area contributed by atoms with Crippen LogP contribution in [-0.4, -0.2) is 13.9 Å². The van der Waals surface area contributed by atoms with Gasteiger partial charge in [0.2, 0.25) is 0 Å². The van der Waals surface area contributed by atoms with Gasteiger partial charge in [0.05, 0.1) is 0 Å². The molecule has 10 heavy (non-hydrogen) atoms. The Labute approximate surface area is 63.0 Å². The average molecular weight is 165 g/mol. The summed E-state index contributed by atoms with van der Waals surface area (Å²) in [7, 11) is -2.73. The summed E-state index contributed by atoms with van der Waals surface area (Å²) < 4.78 is 20.0. The summed E-state index contributed by atoms with van der Waals surface area (Å²) in [6, 6.07) is 0. The smallest absolute Gasteiger partial charge is 0.191 e. The molecule has 1 unspecified atom stereocenters. The summed E-state index contributed by atoms with van der Waals surface area (Å²) >= 11 is 0. The van der Waals surface area contributed by atoms with Gasteiger partial charge in [-0.3, -0.25) is 0 Å². The van der Waals surface area contributed by atoms with E-state index in [-0.39, 0.29) is 6.42 Å². The molecule has 0 aliphatic carbocycles. The highest BCUT2D eigenvalue weighted by molar-refractivity contribution is 7.72. The molecule has 4 heteroatoms. The van der Waals surface area contributed by atoms with E-state index in [1.54, 1.807) is 0 Å². The lowest BCUT2D eigenvalue weighted by Gasteiger charge is -1.97. The second kappa shape index (κ2) is 5.68. The monoisotopic (exact) mass is 165 g/mol. The maximum atomic E-state index is 10.5. The Morgan fingerprint density at radius 1 is 1.30 bits per heavy atom. The van der Waals surface area contributed by atoms with Crippen LogP contribution in [0.25, 0.3) is 0 Å². The molecule has 0 aromatic carbocycles. The van der Waals surface area contributed by atoms with Crippen molar-refractivity contribution in [2.24, 2.45) is 0 Å². The quantitative estimate of drug-likeness (QED) is 0.487. The first-order valence-corrected chi connectivity index (χ1v) is 4.72. The van der Waals surface area contributed by atoms with E-state index in [0.717, 1.165) is 19.3 Å². The van der Waals surface area contributed by atoms with Gasteiger partial charge in [-0.05, 0) is 12.8 Å². The molecular weight excluding hydrogens is 152 g/mol. The van der Waals surface area contributed by atoms with Gasteiger partial charge in [0.1, 0.15) is 0 Å². The highest BCUT2D eigenvalue weighted by Crippen LogP contribution is 2.03. The van der Waals surface area contributed by atoms with Crippen LogP contribution in [0.4, 0.5) is 0 Å². The van der Waals surface area contributed by atoms with Gasteiger partial charge in [-0.2, -0.15) is 0 Å². The molecule has 0 bridgehead atoms. The molecule has 61 valence electrons. The second-order valence-corrected chi connectivity index (χ2v) is 3.38. The Bertz CT molecular complexity index is 134. The van der Waals surface area contributed by atoms with Gasteiger partial charge in [0, 0.05) is 0 Å². The van der Waals surface area contributed by atoms with Crippen LogP contribution in [0.3, 0.4) is 0 Å². The predicted molar refractivity (Wildman–Crippen MR) is 38.9 cm³/mol. The third-order valence-corrected chi connectivity index (χ3v) is 2.02. The molecule has 0 aromatic heterocycles. The highest BCUT2D eigenvalue weighted by atomic mass is 32.2. The Hall–Kier alpha value is -0.0900. The van der Waals surface area contributed by atoms with Gasteiger partial charge in [0.15, 0.2) is 16.1 Å². The summed E-state index contributed by atoms with van der Waals surface area (Å²) in [6.07, 6.45) is 2.96. The lowest BCUT2D eigenvalue weighted by Crippen LogP contribution is -2.05. The minimum absolute atomic E-state index is 0.270. The first-order valence-electron chi connectivity index (χ1n) is 3.47. The summed E-state index contributed by atoms with van der Waals surface area (Å²) in [5.41, 5.74) is -1.37. The standard InChI is InChI=1S/C6H13O3S/c1-2-3-4-5-6(7)10(8)9/h6,10H,2-5H2,1H3. The number of hydrogen-bond acceptors (Lipinski definition) is 2. The van der Waals surface area contributed by atoms with Crippen molar-refractivity contribution in [3.05, 3.63) is 0 Å². The van der Waals surface area contributed by atoms with E-state index in [2.05, 4.69) is 0 Å². The third-order valence-electron chi connectivity index (χ3n) is 1.29. The van der Waals surface area contributed by atoms with E-state index < -0.39 is 16.1 Å². The molecule has 1 atom stereocenters. The van der Waals surface area contributed by atoms with Crippen molar-refractivity contribution in [1.29, 1.82) is 0 Å². The zero-order valence-corrected chi connectivity index (χ0v) is 6.97. The van der Waals surface area contributed by atoms with Crippen molar-refractivity contribution in [2.75, 3.05) is 0 Å². The van der Waals surface area contributed by atoms with Crippen LogP contribution >= 0.6 is 0 Å². The zero-order valence-electron chi connectivity index (χ0n) is 6.08. The fraction of sp³-hybridized carbons (Fsp3) is 1.00. The highest BCUT2D eigenvalue weighted by Gasteiger charge is 2.06. The molecular formula is C6H13O3S. The molecule has 0 saturated heterocycles. The molecule has 0 saturated carbocycles. The Morgan fingerprint density at radius 3 is 2.30 bits per heavy atom. The van der Waals surface area contributed by atoms with Crippen LogP contribution in [0.5, 0.6) is 0 Å². The molecule has 0 heterocycles. The maximum Gasteiger partial charge on any atom is 0.191 e. The van der Waals surface area contributed by atoms with Crippen molar-refractivity contribution in [3.63, 3.8) is 0 Å². The van der Waals surface area contributed by atoms with Gasteiger partial charge in [-0.15, -0.1) is 0 Å². The summed E-state index contributed by atoms with van der Waals surface area (Å²) in [6.45, 7) is 2.01. The molecule has 0 aliphatic rings. The molecule has 0 aromatic rings. The molecule has 3 nitrogen and oxygen atoms in total. The minimum Gasteiger partial charge on any atom is -0.229 e. The molecule has 0 rings (SSSR count). The van der Waals surface area contributed by atoms with Crippen LogP contribution < -0.4 is 0 Å². The summed E-state index contributed by atoms with van der Waals surface area (Å²) in [5.74, 6) is 0. The van der Waals surface area contributed by atoms with Crippen molar-refractivity contribution >= 4 is 10.7 Å². The van der Waals surface area contributed by atoms with E-state index in [0.29, 0.717) is 0 Å². The van der Waals surface area contributed by atoms with Crippen LogP contribution in [0.15, 0.2) is 0 Å². The molecule has 0 amide bonds. The normalized spacial score (nSPS) is 13.9. The maximum absolute atomic E-state index is 10.5. The fourth-order valence-corrected chi connectivity index (χ4v) is 1.07. The first kappa shape index (κ1) is 9.91. The SMILES string of the molecule is CCCCCC([O])[SH](=O)=O. The van der Waals surface area contributed by atoms with Crippen LogP contribution in [0.1, 0.15) is 32.6 Å². The topological polar surface area (TPSA) is 54.0 Å². The van der Waals surface area contributed by atoms with E-state index in [4.69, 9.17) is 0 Å². The van der Waals surface area contributed by atoms with Crippen molar-refractivity contribution < 1.29 is 13.5 Å². The van der Waals surface area contributed by atoms with Gasteiger partial charge in [-0.1, -0.05) is 19.8 Å². The number of unbranched alkanes of at least 4 members (excludes halogenated alkanes) is 2. The largest absolute Gasteiger partial charge is 0.229 e. The minimum atomic E-state index is -2.73. The average Bonchev–Trinajstić information content (AvgIpc) is 1.88. The van der Waals surface area contributed by atoms with E-state index >= 15 is 0 Å². The molecule has 1 radical (unpaired) electrons. The van der Waals surface area contributed by atoms with Crippen molar-refractivity contribution in [2.45, 2.75) is 38.0 Å². The Kier molecular flexibility index (Phi) is 5.63. The molecule has 0 N–H and O–H groups in total. The van der Waals surface area contributed by atoms with Gasteiger partial charge < -0.3 is 0 Å². The van der Waals surface area contributed by atoms with E-state index in [1.165, 1.54) is 0 Å². The van der Waals surface area contributed by atoms with E-state index in [9.17, 15) is 13.5 Å². The predicted octanol–water partition coefficient (Wildman–Crippen LogP) is 0.935. The Morgan fingerprint density at radius 2 is 1.90 bits per heavy atom. The third kappa shape index (κ3) is 4.76.